The molecule has 1 heterocycles. The van der Waals surface area contributed by atoms with Gasteiger partial charge in [0.1, 0.15) is 0 Å². The Kier molecular flexibility index (Phi) is 6.41. The summed E-state index contributed by atoms with van der Waals surface area (Å²) in [5.74, 6) is 0.952. The minimum absolute atomic E-state index is 0.0839. The molecule has 0 spiro atoms. The van der Waals surface area contributed by atoms with Crippen molar-refractivity contribution in [1.29, 1.82) is 0 Å². The molecular formula is C24H25N3O4S. The second-order valence-electron chi connectivity index (χ2n) is 7.94. The number of aromatic nitrogens is 1. The van der Waals surface area contributed by atoms with Crippen LogP contribution in [0, 0.1) is 12.8 Å². The van der Waals surface area contributed by atoms with Crippen LogP contribution >= 0.6 is 0 Å². The topological polar surface area (TPSA) is 97.4 Å². The number of aryl methyl sites for hydroxylation is 1. The molecule has 8 heteroatoms. The molecule has 2 aromatic carbocycles. The van der Waals surface area contributed by atoms with Crippen molar-refractivity contribution in [2.75, 3.05) is 11.3 Å². The molecule has 1 amide bonds. The number of nitrogens with one attached hydrogen (secondary N) is 2. The molecule has 0 unspecified atom stereocenters. The number of benzene rings is 2. The molecule has 1 aromatic heterocycles. The standard InChI is InChI=1S/C24H25N3O4S/c1-17-2-9-21(10-3-17)27-32(29,30)22-11-7-20(8-12-22)24(28)26-15-19-6-13-23(25-14-19)31-16-18-4-5-18/h2-3,6-14,18,27H,4-5,15-16H2,1H3,(H,26,28). The van der Waals surface area contributed by atoms with Crippen LogP contribution in [-0.2, 0) is 16.6 Å². The molecule has 3 aromatic rings. The first-order valence-corrected chi connectivity index (χ1v) is 11.9. The number of pyridine rings is 1. The zero-order chi connectivity index (χ0) is 22.6. The van der Waals surface area contributed by atoms with Crippen LogP contribution in [0.5, 0.6) is 5.88 Å². The van der Waals surface area contributed by atoms with Gasteiger partial charge in [0.15, 0.2) is 0 Å². The Morgan fingerprint density at radius 3 is 2.38 bits per heavy atom. The van der Waals surface area contributed by atoms with Crippen LogP contribution in [0.1, 0.15) is 34.3 Å². The lowest BCUT2D eigenvalue weighted by Crippen LogP contribution is -2.23. The fourth-order valence-electron chi connectivity index (χ4n) is 2.99. The number of ether oxygens (including phenoxy) is 1. The molecule has 2 N–H and O–H groups in total. The lowest BCUT2D eigenvalue weighted by molar-refractivity contribution is 0.0951. The third kappa shape index (κ3) is 5.85. The maximum absolute atomic E-state index is 12.6. The SMILES string of the molecule is Cc1ccc(NS(=O)(=O)c2ccc(C(=O)NCc3ccc(OCC4CC4)nc3)cc2)cc1. The van der Waals surface area contributed by atoms with Crippen LogP contribution in [0.2, 0.25) is 0 Å². The lowest BCUT2D eigenvalue weighted by Gasteiger charge is -2.10. The number of nitrogens with zero attached hydrogens (tertiary/aromatic N) is 1. The van der Waals surface area contributed by atoms with Crippen LogP contribution in [-0.4, -0.2) is 25.9 Å². The molecule has 7 nitrogen and oxygen atoms in total. The van der Waals surface area contributed by atoms with Gasteiger partial charge < -0.3 is 10.1 Å². The van der Waals surface area contributed by atoms with Crippen LogP contribution < -0.4 is 14.8 Å². The van der Waals surface area contributed by atoms with Crippen molar-refractivity contribution in [3.63, 3.8) is 0 Å². The normalized spacial score (nSPS) is 13.4. The van der Waals surface area contributed by atoms with E-state index in [0.717, 1.165) is 11.1 Å². The van der Waals surface area contributed by atoms with Gasteiger partial charge in [0, 0.05) is 30.1 Å². The largest absolute Gasteiger partial charge is 0.477 e. The van der Waals surface area contributed by atoms with Crippen molar-refractivity contribution < 1.29 is 17.9 Å². The van der Waals surface area contributed by atoms with Crippen molar-refractivity contribution in [3.8, 4) is 5.88 Å². The second kappa shape index (κ2) is 9.40. The number of hydrogen-bond donors (Lipinski definition) is 2. The third-order valence-corrected chi connectivity index (χ3v) is 6.54. The summed E-state index contributed by atoms with van der Waals surface area (Å²) in [6, 6.07) is 16.5. The van der Waals surface area contributed by atoms with Crippen molar-refractivity contribution in [2.24, 2.45) is 5.92 Å². The molecule has 1 fully saturated rings. The average molecular weight is 452 g/mol. The van der Waals surface area contributed by atoms with Gasteiger partial charge in [0.25, 0.3) is 15.9 Å². The number of rotatable bonds is 9. The maximum Gasteiger partial charge on any atom is 0.261 e. The number of anilines is 1. The lowest BCUT2D eigenvalue weighted by atomic mass is 10.2. The number of sulfonamides is 1. The van der Waals surface area contributed by atoms with Gasteiger partial charge in [0.2, 0.25) is 5.88 Å². The third-order valence-electron chi connectivity index (χ3n) is 5.15. The van der Waals surface area contributed by atoms with Gasteiger partial charge in [-0.25, -0.2) is 13.4 Å². The van der Waals surface area contributed by atoms with E-state index in [9.17, 15) is 13.2 Å². The summed E-state index contributed by atoms with van der Waals surface area (Å²) in [5, 5.41) is 2.81. The minimum Gasteiger partial charge on any atom is -0.477 e. The van der Waals surface area contributed by atoms with E-state index in [1.807, 2.05) is 25.1 Å². The smallest absolute Gasteiger partial charge is 0.261 e. The summed E-state index contributed by atoms with van der Waals surface area (Å²) in [6.07, 6.45) is 4.12. The summed E-state index contributed by atoms with van der Waals surface area (Å²) >= 11 is 0. The van der Waals surface area contributed by atoms with Crippen molar-refractivity contribution in [3.05, 3.63) is 83.6 Å². The Labute approximate surface area is 187 Å². The van der Waals surface area contributed by atoms with Crippen molar-refractivity contribution in [1.82, 2.24) is 10.3 Å². The molecule has 4 rings (SSSR count). The Balaban J connectivity index is 1.31. The fraction of sp³-hybridized carbons (Fsp3) is 0.250. The highest BCUT2D eigenvalue weighted by Crippen LogP contribution is 2.29. The van der Waals surface area contributed by atoms with E-state index in [-0.39, 0.29) is 10.8 Å². The molecule has 0 bridgehead atoms. The molecule has 166 valence electrons. The molecule has 1 saturated carbocycles. The Morgan fingerprint density at radius 1 is 1.03 bits per heavy atom. The summed E-state index contributed by atoms with van der Waals surface area (Å²) in [5.41, 5.74) is 2.74. The van der Waals surface area contributed by atoms with Crippen molar-refractivity contribution in [2.45, 2.75) is 31.2 Å². The predicted octanol–water partition coefficient (Wildman–Crippen LogP) is 3.91. The van der Waals surface area contributed by atoms with Gasteiger partial charge in [-0.1, -0.05) is 23.8 Å². The zero-order valence-electron chi connectivity index (χ0n) is 17.7. The molecule has 1 aliphatic rings. The Morgan fingerprint density at radius 2 is 1.75 bits per heavy atom. The second-order valence-corrected chi connectivity index (χ2v) is 9.62. The first-order chi connectivity index (χ1) is 15.4. The van der Waals surface area contributed by atoms with Crippen molar-refractivity contribution >= 4 is 21.6 Å². The predicted molar refractivity (Wildman–Crippen MR) is 122 cm³/mol. The monoisotopic (exact) mass is 451 g/mol. The highest BCUT2D eigenvalue weighted by Gasteiger charge is 2.22. The summed E-state index contributed by atoms with van der Waals surface area (Å²) in [6.45, 7) is 2.94. The Bertz CT molecular complexity index is 1170. The van der Waals surface area contributed by atoms with Gasteiger partial charge in [-0.2, -0.15) is 0 Å². The van der Waals surface area contributed by atoms with Crippen LogP contribution in [0.25, 0.3) is 0 Å². The molecule has 32 heavy (non-hydrogen) atoms. The Hall–Kier alpha value is -3.39. The van der Waals surface area contributed by atoms with Crippen LogP contribution in [0.4, 0.5) is 5.69 Å². The van der Waals surface area contributed by atoms with Crippen LogP contribution in [0.15, 0.2) is 71.8 Å². The van der Waals surface area contributed by atoms with Gasteiger partial charge in [-0.3, -0.25) is 9.52 Å². The fourth-order valence-corrected chi connectivity index (χ4v) is 4.05. The molecule has 0 saturated heterocycles. The van der Waals surface area contributed by atoms with E-state index in [0.29, 0.717) is 36.2 Å². The number of hydrogen-bond acceptors (Lipinski definition) is 5. The quantitative estimate of drug-likeness (QED) is 0.514. The molecule has 0 atom stereocenters. The zero-order valence-corrected chi connectivity index (χ0v) is 18.6. The molecule has 0 radical (unpaired) electrons. The van der Waals surface area contributed by atoms with Gasteiger partial charge in [0.05, 0.1) is 11.5 Å². The highest BCUT2D eigenvalue weighted by molar-refractivity contribution is 7.92. The summed E-state index contributed by atoms with van der Waals surface area (Å²) < 4.78 is 33.3. The maximum atomic E-state index is 12.6. The van der Waals surface area contributed by atoms with E-state index in [1.165, 1.54) is 37.1 Å². The number of carbonyl (C=O) groups is 1. The van der Waals surface area contributed by atoms with E-state index in [2.05, 4.69) is 15.0 Å². The average Bonchev–Trinajstić information content (AvgIpc) is 3.63. The minimum atomic E-state index is -3.74. The van der Waals surface area contributed by atoms with Gasteiger partial charge in [-0.05, 0) is 67.6 Å². The highest BCUT2D eigenvalue weighted by atomic mass is 32.2. The van der Waals surface area contributed by atoms with E-state index < -0.39 is 10.0 Å². The molecule has 0 aliphatic heterocycles. The van der Waals surface area contributed by atoms with E-state index in [4.69, 9.17) is 4.74 Å². The first-order valence-electron chi connectivity index (χ1n) is 10.4. The first kappa shape index (κ1) is 21.8. The van der Waals surface area contributed by atoms with Crippen LogP contribution in [0.3, 0.4) is 0 Å². The van der Waals surface area contributed by atoms with Gasteiger partial charge in [-0.15, -0.1) is 0 Å². The number of carbonyl (C=O) groups excluding carboxylic acids is 1. The van der Waals surface area contributed by atoms with E-state index >= 15 is 0 Å². The molecule has 1 aliphatic carbocycles. The molecular weight excluding hydrogens is 426 g/mol. The number of amides is 1. The van der Waals surface area contributed by atoms with Gasteiger partial charge >= 0.3 is 0 Å². The summed E-state index contributed by atoms with van der Waals surface area (Å²) in [7, 11) is -3.74. The van der Waals surface area contributed by atoms with E-state index in [1.54, 1.807) is 24.4 Å². The summed E-state index contributed by atoms with van der Waals surface area (Å²) in [4.78, 5) is 16.8.